The quantitative estimate of drug-likeness (QED) is 0.409. The lowest BCUT2D eigenvalue weighted by Gasteiger charge is -2.11. The Morgan fingerprint density at radius 1 is 1.05 bits per heavy atom. The van der Waals surface area contributed by atoms with Crippen LogP contribution >= 0.6 is 0 Å². The summed E-state index contributed by atoms with van der Waals surface area (Å²) in [6, 6.07) is 0.492. The van der Waals surface area contributed by atoms with Gasteiger partial charge in [0.15, 0.2) is 17.4 Å². The van der Waals surface area contributed by atoms with Crippen molar-refractivity contribution in [2.45, 2.75) is 39.5 Å². The Balaban J connectivity index is 2.96. The first-order valence-electron chi connectivity index (χ1n) is 7.00. The molecule has 0 aromatic heterocycles. The van der Waals surface area contributed by atoms with Crippen molar-refractivity contribution >= 4 is 5.97 Å². The van der Waals surface area contributed by atoms with Crippen LogP contribution in [0.3, 0.4) is 0 Å². The maximum atomic E-state index is 14.1. The molecular formula is C15H19F3O3. The van der Waals surface area contributed by atoms with E-state index >= 15 is 0 Å². The normalized spacial score (nSPS) is 10.5. The van der Waals surface area contributed by atoms with Gasteiger partial charge in [-0.15, -0.1) is 0 Å². The Hall–Kier alpha value is -1.72. The van der Waals surface area contributed by atoms with E-state index in [1.165, 1.54) is 0 Å². The zero-order chi connectivity index (χ0) is 15.8. The molecule has 1 rings (SSSR count). The summed E-state index contributed by atoms with van der Waals surface area (Å²) in [5.74, 6) is -5.91. The molecule has 0 aliphatic carbocycles. The molecule has 0 spiro atoms. The van der Waals surface area contributed by atoms with Crippen molar-refractivity contribution < 1.29 is 27.4 Å². The molecule has 0 unspecified atom stereocenters. The molecule has 1 aromatic carbocycles. The summed E-state index contributed by atoms with van der Waals surface area (Å²) in [4.78, 5) is 11.7. The van der Waals surface area contributed by atoms with Crippen LogP contribution in [0.15, 0.2) is 6.07 Å². The van der Waals surface area contributed by atoms with Crippen molar-refractivity contribution in [3.05, 3.63) is 29.1 Å². The van der Waals surface area contributed by atoms with Crippen LogP contribution in [0.5, 0.6) is 5.75 Å². The van der Waals surface area contributed by atoms with Crippen LogP contribution in [0.4, 0.5) is 13.2 Å². The number of rotatable bonds is 8. The molecule has 21 heavy (non-hydrogen) atoms. The molecule has 0 atom stereocenters. The highest BCUT2D eigenvalue weighted by atomic mass is 19.2. The Morgan fingerprint density at radius 2 is 1.67 bits per heavy atom. The van der Waals surface area contributed by atoms with Crippen LogP contribution in [0.1, 0.15) is 49.9 Å². The monoisotopic (exact) mass is 304 g/mol. The second-order valence-corrected chi connectivity index (χ2v) is 4.55. The van der Waals surface area contributed by atoms with Gasteiger partial charge in [-0.3, -0.25) is 0 Å². The highest BCUT2D eigenvalue weighted by molar-refractivity contribution is 5.90. The molecule has 3 nitrogen and oxygen atoms in total. The van der Waals surface area contributed by atoms with Gasteiger partial charge in [-0.2, -0.15) is 4.39 Å². The van der Waals surface area contributed by atoms with Crippen LogP contribution in [0.2, 0.25) is 0 Å². The van der Waals surface area contributed by atoms with Gasteiger partial charge in [0.1, 0.15) is 5.56 Å². The molecule has 0 aliphatic rings. The third-order valence-electron chi connectivity index (χ3n) is 2.81. The van der Waals surface area contributed by atoms with Crippen molar-refractivity contribution in [3.63, 3.8) is 0 Å². The van der Waals surface area contributed by atoms with Crippen molar-refractivity contribution in [1.82, 2.24) is 0 Å². The first-order valence-corrected chi connectivity index (χ1v) is 7.00. The van der Waals surface area contributed by atoms with Crippen LogP contribution in [0, 0.1) is 17.5 Å². The van der Waals surface area contributed by atoms with Crippen LogP contribution in [-0.4, -0.2) is 19.2 Å². The SMILES string of the molecule is CCCCOC(=O)c1cc(F)c(F)c(OCCCC)c1F. The number of ether oxygens (including phenoxy) is 2. The summed E-state index contributed by atoms with van der Waals surface area (Å²) in [5, 5.41) is 0. The second-order valence-electron chi connectivity index (χ2n) is 4.55. The minimum Gasteiger partial charge on any atom is -0.488 e. The summed E-state index contributed by atoms with van der Waals surface area (Å²) >= 11 is 0. The zero-order valence-electron chi connectivity index (χ0n) is 12.2. The summed E-state index contributed by atoms with van der Waals surface area (Å²) in [6.45, 7) is 3.90. The third-order valence-corrected chi connectivity index (χ3v) is 2.81. The molecule has 0 amide bonds. The van der Waals surface area contributed by atoms with Crippen LogP contribution in [-0.2, 0) is 4.74 Å². The lowest BCUT2D eigenvalue weighted by molar-refractivity contribution is 0.0492. The molecule has 0 saturated carbocycles. The van der Waals surface area contributed by atoms with Crippen molar-refractivity contribution in [1.29, 1.82) is 0 Å². The number of carbonyl (C=O) groups is 1. The predicted octanol–water partition coefficient (Wildman–Crippen LogP) is 4.24. The van der Waals surface area contributed by atoms with Gasteiger partial charge in [0.2, 0.25) is 5.82 Å². The van der Waals surface area contributed by atoms with Crippen molar-refractivity contribution in [2.75, 3.05) is 13.2 Å². The summed E-state index contributed by atoms with van der Waals surface area (Å²) in [5.41, 5.74) is -0.656. The number of esters is 1. The summed E-state index contributed by atoms with van der Waals surface area (Å²) in [7, 11) is 0. The maximum absolute atomic E-state index is 14.1. The molecule has 0 N–H and O–H groups in total. The average molecular weight is 304 g/mol. The topological polar surface area (TPSA) is 35.5 Å². The molecule has 6 heteroatoms. The van der Waals surface area contributed by atoms with E-state index in [4.69, 9.17) is 9.47 Å². The van der Waals surface area contributed by atoms with Gasteiger partial charge in [0.05, 0.1) is 13.2 Å². The van der Waals surface area contributed by atoms with E-state index in [-0.39, 0.29) is 13.2 Å². The van der Waals surface area contributed by atoms with Gasteiger partial charge >= 0.3 is 5.97 Å². The number of halogens is 3. The molecule has 0 fully saturated rings. The fraction of sp³-hybridized carbons (Fsp3) is 0.533. The van der Waals surface area contributed by atoms with E-state index in [0.717, 1.165) is 12.8 Å². The molecule has 0 bridgehead atoms. The second kappa shape index (κ2) is 8.54. The van der Waals surface area contributed by atoms with Gasteiger partial charge in [-0.1, -0.05) is 26.7 Å². The van der Waals surface area contributed by atoms with Gasteiger partial charge in [0.25, 0.3) is 0 Å². The van der Waals surface area contributed by atoms with Crippen LogP contribution in [0.25, 0.3) is 0 Å². The molecule has 1 aromatic rings. The van der Waals surface area contributed by atoms with Crippen LogP contribution < -0.4 is 4.74 Å². The molecule has 0 heterocycles. The Bertz CT molecular complexity index is 490. The molecule has 0 aliphatic heterocycles. The van der Waals surface area contributed by atoms with E-state index in [1.54, 1.807) is 0 Å². The van der Waals surface area contributed by atoms with E-state index < -0.39 is 34.7 Å². The van der Waals surface area contributed by atoms with E-state index in [0.29, 0.717) is 18.9 Å². The van der Waals surface area contributed by atoms with Gasteiger partial charge in [0, 0.05) is 0 Å². The van der Waals surface area contributed by atoms with E-state index in [9.17, 15) is 18.0 Å². The highest BCUT2D eigenvalue weighted by Crippen LogP contribution is 2.28. The number of hydrogen-bond acceptors (Lipinski definition) is 3. The van der Waals surface area contributed by atoms with Gasteiger partial charge < -0.3 is 9.47 Å². The Morgan fingerprint density at radius 3 is 2.29 bits per heavy atom. The van der Waals surface area contributed by atoms with E-state index in [2.05, 4.69) is 0 Å². The first kappa shape index (κ1) is 17.3. The zero-order valence-corrected chi connectivity index (χ0v) is 12.2. The molecule has 118 valence electrons. The minimum atomic E-state index is -1.44. The van der Waals surface area contributed by atoms with E-state index in [1.807, 2.05) is 13.8 Å². The standard InChI is InChI=1S/C15H19F3O3/c1-3-5-7-20-14-12(17)10(9-11(16)13(14)18)15(19)21-8-6-4-2/h9H,3-8H2,1-2H3. The third kappa shape index (κ3) is 4.65. The maximum Gasteiger partial charge on any atom is 0.341 e. The lowest BCUT2D eigenvalue weighted by Crippen LogP contribution is -2.12. The highest BCUT2D eigenvalue weighted by Gasteiger charge is 2.25. The van der Waals surface area contributed by atoms with Crippen molar-refractivity contribution in [3.8, 4) is 5.75 Å². The minimum absolute atomic E-state index is 0.0398. The number of hydrogen-bond donors (Lipinski definition) is 0. The molecular weight excluding hydrogens is 285 g/mol. The number of carbonyl (C=O) groups excluding carboxylic acids is 1. The summed E-state index contributed by atoms with van der Waals surface area (Å²) in [6.07, 6.45) is 2.71. The number of unbranched alkanes of at least 4 members (excludes halogenated alkanes) is 2. The lowest BCUT2D eigenvalue weighted by atomic mass is 10.2. The first-order chi connectivity index (χ1) is 10.0. The Kier molecular flexibility index (Phi) is 7.05. The predicted molar refractivity (Wildman–Crippen MR) is 71.9 cm³/mol. The molecule has 0 saturated heterocycles. The van der Waals surface area contributed by atoms with Gasteiger partial charge in [-0.25, -0.2) is 13.6 Å². The smallest absolute Gasteiger partial charge is 0.341 e. The molecule has 0 radical (unpaired) electrons. The number of benzene rings is 1. The average Bonchev–Trinajstić information content (AvgIpc) is 2.46. The van der Waals surface area contributed by atoms with Crippen molar-refractivity contribution in [2.24, 2.45) is 0 Å². The van der Waals surface area contributed by atoms with Gasteiger partial charge in [-0.05, 0) is 18.9 Å². The fourth-order valence-electron chi connectivity index (χ4n) is 1.56. The summed E-state index contributed by atoms with van der Waals surface area (Å²) < 4.78 is 50.8. The largest absolute Gasteiger partial charge is 0.488 e. The fourth-order valence-corrected chi connectivity index (χ4v) is 1.56. The Labute approximate surface area is 122 Å².